The topological polar surface area (TPSA) is 88.5 Å². The molecule has 0 bridgehead atoms. The van der Waals surface area contributed by atoms with E-state index < -0.39 is 49.8 Å². The monoisotopic (exact) mass is 572 g/mol. The molecule has 0 aliphatic rings. The lowest BCUT2D eigenvalue weighted by atomic mass is 10.0. The Bertz CT molecular complexity index is 1340. The Morgan fingerprint density at radius 1 is 1.09 bits per heavy atom. The summed E-state index contributed by atoms with van der Waals surface area (Å²) >= 11 is 17.6. The van der Waals surface area contributed by atoms with Crippen LogP contribution in [0.15, 0.2) is 53.6 Å². The van der Waals surface area contributed by atoms with Gasteiger partial charge in [-0.05, 0) is 36.4 Å². The van der Waals surface area contributed by atoms with Crippen LogP contribution in [-0.2, 0) is 20.9 Å². The number of hydrogen-bond donors (Lipinski definition) is 2. The van der Waals surface area contributed by atoms with E-state index in [1.807, 2.05) is 0 Å². The summed E-state index contributed by atoms with van der Waals surface area (Å²) in [5, 5.41) is 10.0. The van der Waals surface area contributed by atoms with Crippen molar-refractivity contribution < 1.29 is 35.8 Å². The highest BCUT2D eigenvalue weighted by atomic mass is 35.5. The molecule has 0 amide bonds. The van der Waals surface area contributed by atoms with Crippen LogP contribution >= 0.6 is 34.8 Å². The molecule has 3 rings (SSSR count). The maximum absolute atomic E-state index is 14.4. The molecule has 0 aliphatic carbocycles. The first-order valence-corrected chi connectivity index (χ1v) is 12.1. The van der Waals surface area contributed by atoms with Crippen LogP contribution in [0.5, 0.6) is 0 Å². The molecule has 188 valence electrons. The van der Waals surface area contributed by atoms with Gasteiger partial charge in [-0.3, -0.25) is 4.98 Å². The van der Waals surface area contributed by atoms with Gasteiger partial charge in [-0.2, -0.15) is 17.9 Å². The summed E-state index contributed by atoms with van der Waals surface area (Å²) in [6.45, 7) is 0. The zero-order valence-corrected chi connectivity index (χ0v) is 20.5. The highest BCUT2D eigenvalue weighted by Gasteiger charge is 2.35. The third-order valence-electron chi connectivity index (χ3n) is 4.78. The summed E-state index contributed by atoms with van der Waals surface area (Å²) in [7, 11) is -3.56. The van der Waals surface area contributed by atoms with Crippen LogP contribution in [0.4, 0.5) is 17.6 Å². The van der Waals surface area contributed by atoms with E-state index in [0.29, 0.717) is 6.07 Å². The fourth-order valence-corrected chi connectivity index (χ4v) is 4.97. The summed E-state index contributed by atoms with van der Waals surface area (Å²) in [5.41, 5.74) is -2.09. The number of nitrogens with one attached hydrogen (secondary N) is 1. The molecule has 0 spiro atoms. The van der Waals surface area contributed by atoms with Crippen molar-refractivity contribution in [2.75, 3.05) is 7.11 Å². The van der Waals surface area contributed by atoms with E-state index in [2.05, 4.69) is 9.71 Å². The fourth-order valence-electron chi connectivity index (χ4n) is 3.15. The van der Waals surface area contributed by atoms with Gasteiger partial charge in [0, 0.05) is 29.5 Å². The van der Waals surface area contributed by atoms with Crippen molar-refractivity contribution in [3.8, 4) is 0 Å². The summed E-state index contributed by atoms with van der Waals surface area (Å²) in [6, 6.07) is 6.92. The van der Waals surface area contributed by atoms with E-state index in [0.717, 1.165) is 31.5 Å². The molecule has 2 atom stereocenters. The zero-order chi connectivity index (χ0) is 26.1. The van der Waals surface area contributed by atoms with Gasteiger partial charge in [-0.15, -0.1) is 0 Å². The Hall–Kier alpha value is -1.99. The minimum Gasteiger partial charge on any atom is -0.382 e. The fraction of sp³-hybridized carbons (Fsp3) is 0.190. The quantitative estimate of drug-likeness (QED) is 0.271. The Morgan fingerprint density at radius 3 is 2.37 bits per heavy atom. The van der Waals surface area contributed by atoms with E-state index in [4.69, 9.17) is 39.5 Å². The average molecular weight is 574 g/mol. The first kappa shape index (κ1) is 27.6. The van der Waals surface area contributed by atoms with Gasteiger partial charge < -0.3 is 9.84 Å². The van der Waals surface area contributed by atoms with Gasteiger partial charge in [-0.25, -0.2) is 12.8 Å². The molecule has 0 saturated heterocycles. The average Bonchev–Trinajstić information content (AvgIpc) is 2.76. The number of ether oxygens (including phenoxy) is 1. The molecule has 0 aliphatic heterocycles. The minimum atomic E-state index is -4.91. The van der Waals surface area contributed by atoms with E-state index >= 15 is 0 Å². The first-order valence-electron chi connectivity index (χ1n) is 9.45. The maximum atomic E-state index is 14.4. The third-order valence-corrected chi connectivity index (χ3v) is 7.05. The lowest BCUT2D eigenvalue weighted by Crippen LogP contribution is -2.31. The normalized spacial score (nSPS) is 14.1. The number of hydrogen-bond acceptors (Lipinski definition) is 5. The van der Waals surface area contributed by atoms with Gasteiger partial charge in [0.2, 0.25) is 10.0 Å². The van der Waals surface area contributed by atoms with Gasteiger partial charge in [-0.1, -0.05) is 40.9 Å². The van der Waals surface area contributed by atoms with Crippen LogP contribution in [0.2, 0.25) is 15.1 Å². The van der Waals surface area contributed by atoms with E-state index in [1.54, 1.807) is 0 Å². The summed E-state index contributed by atoms with van der Waals surface area (Å²) in [5.74, 6) is -0.858. The van der Waals surface area contributed by atoms with Crippen LogP contribution in [0.25, 0.3) is 0 Å². The van der Waals surface area contributed by atoms with Crippen molar-refractivity contribution >= 4 is 44.8 Å². The number of pyridine rings is 1. The first-order chi connectivity index (χ1) is 16.3. The molecule has 14 heteroatoms. The van der Waals surface area contributed by atoms with Gasteiger partial charge in [0.25, 0.3) is 0 Å². The molecule has 0 fully saturated rings. The molecule has 2 unspecified atom stereocenters. The zero-order valence-electron chi connectivity index (χ0n) is 17.4. The van der Waals surface area contributed by atoms with E-state index in [1.165, 1.54) is 18.2 Å². The summed E-state index contributed by atoms with van der Waals surface area (Å²) in [4.78, 5) is 3.22. The highest BCUT2D eigenvalue weighted by molar-refractivity contribution is 7.89. The molecular formula is C21H15Cl3F4N2O4S. The number of aliphatic hydroxyl groups excluding tert-OH is 1. The molecule has 35 heavy (non-hydrogen) atoms. The smallest absolute Gasteiger partial charge is 0.382 e. The van der Waals surface area contributed by atoms with Crippen molar-refractivity contribution in [2.45, 2.75) is 23.4 Å². The second kappa shape index (κ2) is 10.6. The number of halogens is 7. The predicted molar refractivity (Wildman–Crippen MR) is 121 cm³/mol. The van der Waals surface area contributed by atoms with Gasteiger partial charge >= 0.3 is 6.18 Å². The SMILES string of the molecule is COC(NS(=O)(=O)c1ccc(Cl)c(C(F)(F)F)c1)c1cc(Cl)cnc1C(O)c1c(F)cccc1Cl. The second-order valence-corrected chi connectivity index (χ2v) is 10.0. The number of nitrogens with zero attached hydrogens (tertiary/aromatic N) is 1. The standard InChI is InChI=1S/C21H15Cl3F4N2O4S/c1-34-20(30-35(32,33)11-5-6-14(23)13(8-11)21(26,27)28)12-7-10(22)9-29-18(12)19(31)17-15(24)3-2-4-16(17)25/h2-9,19-20,30-31H,1H3. The number of benzene rings is 2. The molecule has 0 radical (unpaired) electrons. The number of aliphatic hydroxyl groups is 1. The van der Waals surface area contributed by atoms with Gasteiger partial charge in [0.05, 0.1) is 26.2 Å². The molecule has 1 heterocycles. The molecule has 0 saturated carbocycles. The molecule has 6 nitrogen and oxygen atoms in total. The number of rotatable bonds is 7. The second-order valence-electron chi connectivity index (χ2n) is 7.04. The van der Waals surface area contributed by atoms with Crippen LogP contribution in [0.3, 0.4) is 0 Å². The van der Waals surface area contributed by atoms with Crippen LogP contribution in [0, 0.1) is 5.82 Å². The molecule has 3 aromatic rings. The largest absolute Gasteiger partial charge is 0.417 e. The molecular weight excluding hydrogens is 559 g/mol. The number of sulfonamides is 1. The molecule has 2 N–H and O–H groups in total. The van der Waals surface area contributed by atoms with Crippen molar-refractivity contribution in [3.05, 3.63) is 91.9 Å². The van der Waals surface area contributed by atoms with Gasteiger partial charge in [0.15, 0.2) is 0 Å². The molecule has 1 aromatic heterocycles. The van der Waals surface area contributed by atoms with Crippen molar-refractivity contribution in [1.82, 2.24) is 9.71 Å². The number of aromatic nitrogens is 1. The Morgan fingerprint density at radius 2 is 1.77 bits per heavy atom. The lowest BCUT2D eigenvalue weighted by Gasteiger charge is -2.23. The number of alkyl halides is 3. The van der Waals surface area contributed by atoms with Crippen LogP contribution in [-0.4, -0.2) is 25.6 Å². The predicted octanol–water partition coefficient (Wildman–Crippen LogP) is 5.90. The van der Waals surface area contributed by atoms with E-state index in [9.17, 15) is 31.1 Å². The van der Waals surface area contributed by atoms with Crippen molar-refractivity contribution in [3.63, 3.8) is 0 Å². The maximum Gasteiger partial charge on any atom is 0.417 e. The van der Waals surface area contributed by atoms with Crippen LogP contribution in [0.1, 0.15) is 34.7 Å². The lowest BCUT2D eigenvalue weighted by molar-refractivity contribution is -0.137. The minimum absolute atomic E-state index is 0.00248. The Balaban J connectivity index is 2.06. The van der Waals surface area contributed by atoms with Crippen LogP contribution < -0.4 is 4.72 Å². The Labute approximate surface area is 212 Å². The summed E-state index contributed by atoms with van der Waals surface area (Å²) < 4.78 is 87.1. The Kier molecular flexibility index (Phi) is 8.32. The number of methoxy groups -OCH3 is 1. The highest BCUT2D eigenvalue weighted by Crippen LogP contribution is 2.37. The molecule has 2 aromatic carbocycles. The third kappa shape index (κ3) is 6.05. The van der Waals surface area contributed by atoms with Crippen molar-refractivity contribution in [1.29, 1.82) is 0 Å². The van der Waals surface area contributed by atoms with E-state index in [-0.39, 0.29) is 26.9 Å². The van der Waals surface area contributed by atoms with Gasteiger partial charge in [0.1, 0.15) is 18.1 Å². The van der Waals surface area contributed by atoms with Crippen molar-refractivity contribution in [2.24, 2.45) is 0 Å². The summed E-state index contributed by atoms with van der Waals surface area (Å²) in [6.07, 6.45) is -7.16.